The van der Waals surface area contributed by atoms with E-state index in [0.717, 1.165) is 6.07 Å². The Bertz CT molecular complexity index is 636. The Morgan fingerprint density at radius 3 is 2.56 bits per heavy atom. The Hall–Kier alpha value is -1.76. The van der Waals surface area contributed by atoms with Gasteiger partial charge in [-0.2, -0.15) is 4.39 Å². The summed E-state index contributed by atoms with van der Waals surface area (Å²) in [4.78, 5) is 10.5. The Kier molecular flexibility index (Phi) is 3.16. The van der Waals surface area contributed by atoms with Crippen LogP contribution in [-0.2, 0) is 0 Å². The van der Waals surface area contributed by atoms with Gasteiger partial charge < -0.3 is 9.84 Å². The predicted octanol–water partition coefficient (Wildman–Crippen LogP) is 3.42. The summed E-state index contributed by atoms with van der Waals surface area (Å²) >= 11 is 0.534. The molecule has 0 amide bonds. The number of aromatic carboxylic acids is 1. The van der Waals surface area contributed by atoms with E-state index < -0.39 is 34.6 Å². The minimum Gasteiger partial charge on any atom is -0.488 e. The normalized spacial score (nSPS) is 10.9. The first-order chi connectivity index (χ1) is 8.47. The van der Waals surface area contributed by atoms with E-state index in [0.29, 0.717) is 11.3 Å². The molecular weight excluding hydrogens is 269 g/mol. The van der Waals surface area contributed by atoms with Gasteiger partial charge in [-0.15, -0.1) is 11.3 Å². The zero-order valence-electron chi connectivity index (χ0n) is 9.09. The van der Waals surface area contributed by atoms with Gasteiger partial charge in [0.25, 0.3) is 0 Å². The number of ether oxygens (including phenoxy) is 1. The molecule has 0 aliphatic carbocycles. The van der Waals surface area contributed by atoms with Gasteiger partial charge in [-0.05, 0) is 13.0 Å². The molecule has 96 valence electrons. The van der Waals surface area contributed by atoms with Crippen molar-refractivity contribution in [2.24, 2.45) is 0 Å². The minimum atomic E-state index is -1.45. The third kappa shape index (κ3) is 1.80. The molecule has 0 saturated carbocycles. The monoisotopic (exact) mass is 276 g/mol. The number of halogens is 3. The molecule has 1 heterocycles. The molecular formula is C11H7F3O3S. The highest BCUT2D eigenvalue weighted by Crippen LogP contribution is 2.37. The molecule has 3 nitrogen and oxygen atoms in total. The van der Waals surface area contributed by atoms with Crippen LogP contribution in [0.5, 0.6) is 5.75 Å². The molecule has 2 rings (SSSR count). The highest BCUT2D eigenvalue weighted by atomic mass is 32.1. The fourth-order valence-electron chi connectivity index (χ4n) is 1.51. The summed E-state index contributed by atoms with van der Waals surface area (Å²) in [5, 5.41) is 8.36. The van der Waals surface area contributed by atoms with E-state index in [-0.39, 0.29) is 16.2 Å². The van der Waals surface area contributed by atoms with Crippen LogP contribution in [0.4, 0.5) is 13.2 Å². The van der Waals surface area contributed by atoms with Gasteiger partial charge in [-0.1, -0.05) is 0 Å². The SMILES string of the molecule is CCOc1c(F)c(F)c2cc(C(=O)O)sc2c1F. The smallest absolute Gasteiger partial charge is 0.345 e. The first-order valence-corrected chi connectivity index (χ1v) is 5.75. The maximum atomic E-state index is 13.9. The molecule has 0 atom stereocenters. The molecule has 2 aromatic rings. The minimum absolute atomic E-state index is 0.0318. The van der Waals surface area contributed by atoms with Crippen LogP contribution in [0.1, 0.15) is 16.6 Å². The van der Waals surface area contributed by atoms with Crippen LogP contribution in [0.2, 0.25) is 0 Å². The summed E-state index contributed by atoms with van der Waals surface area (Å²) in [6, 6.07) is 0.902. The quantitative estimate of drug-likeness (QED) is 0.874. The standard InChI is InChI=1S/C11H7F3O3S/c1-2-17-9-7(13)6(12)4-3-5(11(15)16)18-10(4)8(9)14/h3H,2H2,1H3,(H,15,16). The molecule has 7 heteroatoms. The molecule has 18 heavy (non-hydrogen) atoms. The molecule has 0 fully saturated rings. The fraction of sp³-hybridized carbons (Fsp3) is 0.182. The summed E-state index contributed by atoms with van der Waals surface area (Å²) < 4.78 is 45.4. The van der Waals surface area contributed by atoms with Crippen LogP contribution in [0.3, 0.4) is 0 Å². The van der Waals surface area contributed by atoms with Crippen molar-refractivity contribution in [1.82, 2.24) is 0 Å². The zero-order chi connectivity index (χ0) is 13.4. The predicted molar refractivity (Wildman–Crippen MR) is 59.8 cm³/mol. The lowest BCUT2D eigenvalue weighted by molar-refractivity contribution is 0.0702. The van der Waals surface area contributed by atoms with Crippen molar-refractivity contribution in [3.8, 4) is 5.75 Å². The Morgan fingerprint density at radius 1 is 1.33 bits per heavy atom. The van der Waals surface area contributed by atoms with Crippen molar-refractivity contribution in [1.29, 1.82) is 0 Å². The topological polar surface area (TPSA) is 46.5 Å². The van der Waals surface area contributed by atoms with Crippen LogP contribution in [0, 0.1) is 17.5 Å². The van der Waals surface area contributed by atoms with Gasteiger partial charge in [-0.3, -0.25) is 0 Å². The van der Waals surface area contributed by atoms with E-state index in [1.165, 1.54) is 6.92 Å². The van der Waals surface area contributed by atoms with Gasteiger partial charge in [0, 0.05) is 5.39 Å². The summed E-state index contributed by atoms with van der Waals surface area (Å²) in [6.07, 6.45) is 0. The number of rotatable bonds is 3. The number of hydrogen-bond acceptors (Lipinski definition) is 3. The van der Waals surface area contributed by atoms with Gasteiger partial charge in [0.1, 0.15) is 4.88 Å². The van der Waals surface area contributed by atoms with Gasteiger partial charge in [-0.25, -0.2) is 13.6 Å². The highest BCUT2D eigenvalue weighted by molar-refractivity contribution is 7.20. The summed E-state index contributed by atoms with van der Waals surface area (Å²) in [6.45, 7) is 1.47. The van der Waals surface area contributed by atoms with E-state index in [1.807, 2.05) is 0 Å². The summed E-state index contributed by atoms with van der Waals surface area (Å²) in [5.74, 6) is -5.98. The number of carboxylic acid groups (broad SMARTS) is 1. The molecule has 0 aliphatic rings. The average Bonchev–Trinajstić information content (AvgIpc) is 2.77. The molecule has 1 aromatic carbocycles. The van der Waals surface area contributed by atoms with Crippen molar-refractivity contribution < 1.29 is 27.8 Å². The Morgan fingerprint density at radius 2 is 2.00 bits per heavy atom. The molecule has 1 N–H and O–H groups in total. The van der Waals surface area contributed by atoms with Gasteiger partial charge in [0.2, 0.25) is 5.82 Å². The van der Waals surface area contributed by atoms with Crippen molar-refractivity contribution in [2.75, 3.05) is 6.61 Å². The van der Waals surface area contributed by atoms with Crippen molar-refractivity contribution in [3.05, 3.63) is 28.4 Å². The maximum absolute atomic E-state index is 13.9. The molecule has 0 saturated heterocycles. The van der Waals surface area contributed by atoms with E-state index in [2.05, 4.69) is 0 Å². The summed E-state index contributed by atoms with van der Waals surface area (Å²) in [5.41, 5.74) is 0. The molecule has 0 bridgehead atoms. The Labute approximate surface area is 103 Å². The number of carbonyl (C=O) groups is 1. The van der Waals surface area contributed by atoms with E-state index in [9.17, 15) is 18.0 Å². The van der Waals surface area contributed by atoms with Crippen LogP contribution in [-0.4, -0.2) is 17.7 Å². The fourth-order valence-corrected chi connectivity index (χ4v) is 2.44. The third-order valence-corrected chi connectivity index (χ3v) is 3.37. The van der Waals surface area contributed by atoms with Crippen molar-refractivity contribution in [3.63, 3.8) is 0 Å². The highest BCUT2D eigenvalue weighted by Gasteiger charge is 2.24. The molecule has 0 aliphatic heterocycles. The third-order valence-electron chi connectivity index (χ3n) is 2.26. The largest absolute Gasteiger partial charge is 0.488 e. The van der Waals surface area contributed by atoms with Crippen molar-refractivity contribution in [2.45, 2.75) is 6.92 Å². The first-order valence-electron chi connectivity index (χ1n) is 4.93. The lowest BCUT2D eigenvalue weighted by atomic mass is 10.2. The lowest BCUT2D eigenvalue weighted by Crippen LogP contribution is -2.00. The second kappa shape index (κ2) is 4.49. The molecule has 0 radical (unpaired) electrons. The van der Waals surface area contributed by atoms with E-state index in [1.54, 1.807) is 0 Å². The number of benzene rings is 1. The molecule has 0 unspecified atom stereocenters. The van der Waals surface area contributed by atoms with Crippen LogP contribution in [0.25, 0.3) is 10.1 Å². The van der Waals surface area contributed by atoms with Crippen LogP contribution >= 0.6 is 11.3 Å². The second-order valence-corrected chi connectivity index (χ2v) is 4.41. The molecule has 0 spiro atoms. The van der Waals surface area contributed by atoms with Gasteiger partial charge in [0.05, 0.1) is 11.3 Å². The van der Waals surface area contributed by atoms with E-state index in [4.69, 9.17) is 9.84 Å². The Balaban J connectivity index is 2.80. The number of fused-ring (bicyclic) bond motifs is 1. The number of carboxylic acids is 1. The second-order valence-electron chi connectivity index (χ2n) is 3.36. The van der Waals surface area contributed by atoms with Crippen LogP contribution < -0.4 is 4.74 Å². The number of thiophene rings is 1. The maximum Gasteiger partial charge on any atom is 0.345 e. The van der Waals surface area contributed by atoms with Gasteiger partial charge in [0.15, 0.2) is 17.4 Å². The first kappa shape index (κ1) is 12.7. The average molecular weight is 276 g/mol. The lowest BCUT2D eigenvalue weighted by Gasteiger charge is -2.07. The summed E-state index contributed by atoms with van der Waals surface area (Å²) in [7, 11) is 0. The van der Waals surface area contributed by atoms with E-state index >= 15 is 0 Å². The molecule has 1 aromatic heterocycles. The number of hydrogen-bond donors (Lipinski definition) is 1. The van der Waals surface area contributed by atoms with Crippen LogP contribution in [0.15, 0.2) is 6.07 Å². The zero-order valence-corrected chi connectivity index (χ0v) is 9.91. The van der Waals surface area contributed by atoms with Gasteiger partial charge >= 0.3 is 5.97 Å². The van der Waals surface area contributed by atoms with Crippen molar-refractivity contribution >= 4 is 27.4 Å².